The molecule has 0 aliphatic rings. The van der Waals surface area contributed by atoms with Crippen LogP contribution in [0.15, 0.2) is 40.9 Å². The van der Waals surface area contributed by atoms with Gasteiger partial charge in [-0.2, -0.15) is 0 Å². The Hall–Kier alpha value is -1.39. The smallest absolute Gasteiger partial charge is 0.336 e. The van der Waals surface area contributed by atoms with Gasteiger partial charge in [0.15, 0.2) is 0 Å². The zero-order chi connectivity index (χ0) is 13.3. The van der Waals surface area contributed by atoms with Gasteiger partial charge in [-0.3, -0.25) is 0 Å². The fourth-order valence-electron chi connectivity index (χ4n) is 1.54. The van der Waals surface area contributed by atoms with Gasteiger partial charge < -0.3 is 5.11 Å². The lowest BCUT2D eigenvalue weighted by Gasteiger charge is -2.06. The van der Waals surface area contributed by atoms with Gasteiger partial charge in [0.05, 0.1) is 10.6 Å². The summed E-state index contributed by atoms with van der Waals surface area (Å²) < 4.78 is 13.5. The van der Waals surface area contributed by atoms with Crippen molar-refractivity contribution >= 4 is 33.5 Å². The van der Waals surface area contributed by atoms with Gasteiger partial charge in [0.25, 0.3) is 0 Å². The molecule has 0 amide bonds. The molecule has 92 valence electrons. The maximum atomic E-state index is 13.1. The lowest BCUT2D eigenvalue weighted by atomic mass is 10.0. The van der Waals surface area contributed by atoms with Crippen molar-refractivity contribution < 1.29 is 14.3 Å². The molecule has 0 atom stereocenters. The van der Waals surface area contributed by atoms with E-state index in [0.717, 1.165) is 0 Å². The molecule has 0 radical (unpaired) electrons. The van der Waals surface area contributed by atoms with Crippen LogP contribution in [0.25, 0.3) is 11.1 Å². The largest absolute Gasteiger partial charge is 0.478 e. The molecule has 0 heterocycles. The van der Waals surface area contributed by atoms with Crippen LogP contribution in [0.3, 0.4) is 0 Å². The molecule has 2 nitrogen and oxygen atoms in total. The summed E-state index contributed by atoms with van der Waals surface area (Å²) in [5, 5.41) is 9.03. The molecule has 0 aliphatic heterocycles. The molecule has 0 fully saturated rings. The van der Waals surface area contributed by atoms with Gasteiger partial charge in [-0.15, -0.1) is 0 Å². The summed E-state index contributed by atoms with van der Waals surface area (Å²) in [4.78, 5) is 11.0. The van der Waals surface area contributed by atoms with Crippen molar-refractivity contribution in [1.82, 2.24) is 0 Å². The number of rotatable bonds is 2. The number of aromatic carboxylic acids is 1. The molecule has 2 aromatic rings. The molecule has 0 aromatic heterocycles. The van der Waals surface area contributed by atoms with Gasteiger partial charge in [0, 0.05) is 4.47 Å². The Morgan fingerprint density at radius 3 is 2.39 bits per heavy atom. The highest BCUT2D eigenvalue weighted by Gasteiger charge is 2.10. The number of carboxylic acid groups (broad SMARTS) is 1. The van der Waals surface area contributed by atoms with Crippen molar-refractivity contribution in [2.24, 2.45) is 0 Å². The van der Waals surface area contributed by atoms with Gasteiger partial charge >= 0.3 is 5.97 Å². The van der Waals surface area contributed by atoms with E-state index in [1.165, 1.54) is 18.2 Å². The van der Waals surface area contributed by atoms with Crippen molar-refractivity contribution in [3.63, 3.8) is 0 Å². The van der Waals surface area contributed by atoms with E-state index in [0.29, 0.717) is 15.6 Å². The predicted molar refractivity (Wildman–Crippen MR) is 71.5 cm³/mol. The quantitative estimate of drug-likeness (QED) is 0.874. The molecule has 0 bridgehead atoms. The van der Waals surface area contributed by atoms with Gasteiger partial charge in [-0.25, -0.2) is 9.18 Å². The summed E-state index contributed by atoms with van der Waals surface area (Å²) in [6, 6.07) is 9.15. The van der Waals surface area contributed by atoms with Crippen LogP contribution >= 0.6 is 27.5 Å². The lowest BCUT2D eigenvalue weighted by molar-refractivity contribution is 0.0696. The number of hydrogen-bond donors (Lipinski definition) is 1. The Morgan fingerprint density at radius 1 is 1.17 bits per heavy atom. The second-order valence-corrected chi connectivity index (χ2v) is 4.89. The van der Waals surface area contributed by atoms with Crippen LogP contribution in [-0.2, 0) is 0 Å². The SMILES string of the molecule is O=C(O)c1cc(-c2ccc(F)c(Cl)c2)ccc1Br. The highest BCUT2D eigenvalue weighted by atomic mass is 79.9. The Morgan fingerprint density at radius 2 is 1.78 bits per heavy atom. The van der Waals surface area contributed by atoms with E-state index in [2.05, 4.69) is 15.9 Å². The first kappa shape index (κ1) is 13.1. The molecule has 0 aliphatic carbocycles. The lowest BCUT2D eigenvalue weighted by Crippen LogP contribution is -1.97. The fourth-order valence-corrected chi connectivity index (χ4v) is 2.14. The van der Waals surface area contributed by atoms with E-state index in [9.17, 15) is 9.18 Å². The average molecular weight is 330 g/mol. The molecular formula is C13H7BrClFO2. The monoisotopic (exact) mass is 328 g/mol. The first-order valence-corrected chi connectivity index (χ1v) is 6.14. The van der Waals surface area contributed by atoms with Crippen molar-refractivity contribution in [1.29, 1.82) is 0 Å². The molecular weight excluding hydrogens is 322 g/mol. The first-order chi connectivity index (χ1) is 8.49. The zero-order valence-electron chi connectivity index (χ0n) is 8.95. The number of carbonyl (C=O) groups is 1. The van der Waals surface area contributed by atoms with Crippen molar-refractivity contribution in [3.8, 4) is 11.1 Å². The van der Waals surface area contributed by atoms with E-state index >= 15 is 0 Å². The minimum Gasteiger partial charge on any atom is -0.478 e. The Balaban J connectivity index is 2.54. The highest BCUT2D eigenvalue weighted by Crippen LogP contribution is 2.28. The van der Waals surface area contributed by atoms with Crippen LogP contribution in [0, 0.1) is 5.82 Å². The van der Waals surface area contributed by atoms with Gasteiger partial charge in [-0.1, -0.05) is 23.7 Å². The molecule has 18 heavy (non-hydrogen) atoms. The Labute approximate surface area is 116 Å². The third-order valence-corrected chi connectivity index (χ3v) is 3.43. The van der Waals surface area contributed by atoms with E-state index in [-0.39, 0.29) is 10.6 Å². The standard InChI is InChI=1S/C13H7BrClFO2/c14-10-3-1-7(5-9(10)13(17)18)8-2-4-12(16)11(15)6-8/h1-6H,(H,17,18). The second-order valence-electron chi connectivity index (χ2n) is 3.63. The Bertz CT molecular complexity index is 628. The molecule has 0 unspecified atom stereocenters. The van der Waals surface area contributed by atoms with E-state index in [1.54, 1.807) is 18.2 Å². The van der Waals surface area contributed by atoms with Gasteiger partial charge in [0.1, 0.15) is 5.82 Å². The molecule has 0 saturated heterocycles. The summed E-state index contributed by atoms with van der Waals surface area (Å²) in [7, 11) is 0. The minimum absolute atomic E-state index is 0.00675. The van der Waals surface area contributed by atoms with E-state index < -0.39 is 11.8 Å². The summed E-state index contributed by atoms with van der Waals surface area (Å²) in [6.07, 6.45) is 0. The summed E-state index contributed by atoms with van der Waals surface area (Å²) in [6.45, 7) is 0. The first-order valence-electron chi connectivity index (χ1n) is 4.97. The second kappa shape index (κ2) is 5.08. The van der Waals surface area contributed by atoms with Crippen molar-refractivity contribution in [2.45, 2.75) is 0 Å². The average Bonchev–Trinajstić information content (AvgIpc) is 2.33. The van der Waals surface area contributed by atoms with E-state index in [1.807, 2.05) is 0 Å². The highest BCUT2D eigenvalue weighted by molar-refractivity contribution is 9.10. The summed E-state index contributed by atoms with van der Waals surface area (Å²) in [5.41, 5.74) is 1.47. The summed E-state index contributed by atoms with van der Waals surface area (Å²) in [5.74, 6) is -1.53. The minimum atomic E-state index is -1.03. The number of halogens is 3. The maximum absolute atomic E-state index is 13.1. The third-order valence-electron chi connectivity index (χ3n) is 2.45. The van der Waals surface area contributed by atoms with Crippen LogP contribution in [0.1, 0.15) is 10.4 Å². The number of carboxylic acids is 1. The fraction of sp³-hybridized carbons (Fsp3) is 0. The van der Waals surface area contributed by atoms with Crippen molar-refractivity contribution in [2.75, 3.05) is 0 Å². The van der Waals surface area contributed by atoms with Crippen LogP contribution in [0.2, 0.25) is 5.02 Å². The van der Waals surface area contributed by atoms with Crippen LogP contribution < -0.4 is 0 Å². The predicted octanol–water partition coefficient (Wildman–Crippen LogP) is 4.61. The maximum Gasteiger partial charge on any atom is 0.336 e. The Kier molecular flexibility index (Phi) is 3.68. The van der Waals surface area contributed by atoms with E-state index in [4.69, 9.17) is 16.7 Å². The normalized spacial score (nSPS) is 10.4. The molecule has 5 heteroatoms. The van der Waals surface area contributed by atoms with Gasteiger partial charge in [-0.05, 0) is 51.3 Å². The van der Waals surface area contributed by atoms with Crippen LogP contribution in [0.4, 0.5) is 4.39 Å². The third kappa shape index (κ3) is 2.54. The molecule has 0 saturated carbocycles. The topological polar surface area (TPSA) is 37.3 Å². The van der Waals surface area contributed by atoms with Crippen LogP contribution in [-0.4, -0.2) is 11.1 Å². The molecule has 0 spiro atoms. The van der Waals surface area contributed by atoms with Gasteiger partial charge in [0.2, 0.25) is 0 Å². The zero-order valence-corrected chi connectivity index (χ0v) is 11.3. The van der Waals surface area contributed by atoms with Crippen molar-refractivity contribution in [3.05, 3.63) is 57.3 Å². The number of hydrogen-bond acceptors (Lipinski definition) is 1. The molecule has 2 rings (SSSR count). The number of benzene rings is 2. The molecule has 2 aromatic carbocycles. The van der Waals surface area contributed by atoms with Crippen LogP contribution in [0.5, 0.6) is 0 Å². The summed E-state index contributed by atoms with van der Waals surface area (Å²) >= 11 is 8.86. The molecule has 1 N–H and O–H groups in total.